The number of hydrogen-bond donors (Lipinski definition) is 0. The molecule has 0 saturated carbocycles. The Morgan fingerprint density at radius 1 is 1.57 bits per heavy atom. The van der Waals surface area contributed by atoms with Crippen LogP contribution in [0.25, 0.3) is 0 Å². The van der Waals surface area contributed by atoms with E-state index in [-0.39, 0.29) is 0 Å². The van der Waals surface area contributed by atoms with E-state index < -0.39 is 21.7 Å². The highest BCUT2D eigenvalue weighted by atomic mass is 31.2. The van der Waals surface area contributed by atoms with Gasteiger partial charge in [0.25, 0.3) is 0 Å². The third kappa shape index (κ3) is 2.80. The van der Waals surface area contributed by atoms with Crippen LogP contribution in [0.2, 0.25) is 0 Å². The minimum Gasteiger partial charge on any atom is -0.312 e. The van der Waals surface area contributed by atoms with Gasteiger partial charge >= 0.3 is 7.60 Å². The lowest BCUT2D eigenvalue weighted by molar-refractivity contribution is 0.282. The largest absolute Gasteiger partial charge is 0.327 e. The number of rotatable bonds is 2. The van der Waals surface area contributed by atoms with Crippen LogP contribution in [0, 0.1) is 0 Å². The molecular formula is C3H9O3P. The van der Waals surface area contributed by atoms with Crippen molar-refractivity contribution in [2.75, 3.05) is 20.7 Å². The van der Waals surface area contributed by atoms with Gasteiger partial charge in [0, 0.05) is 20.7 Å². The zero-order valence-electron chi connectivity index (χ0n) is 9.67. The Hall–Kier alpha value is 0.150. The van der Waals surface area contributed by atoms with E-state index in [0.29, 0.717) is 0 Å². The Labute approximate surface area is 51.6 Å². The van der Waals surface area contributed by atoms with Crippen molar-refractivity contribution in [3.05, 3.63) is 0 Å². The Morgan fingerprint density at radius 3 is 2.29 bits per heavy atom. The molecule has 0 aliphatic carbocycles. The first kappa shape index (κ1) is 1.83. The van der Waals surface area contributed by atoms with Crippen molar-refractivity contribution < 1.29 is 21.8 Å². The zero-order chi connectivity index (χ0) is 10.9. The van der Waals surface area contributed by atoms with Crippen molar-refractivity contribution >= 4 is 7.60 Å². The van der Waals surface area contributed by atoms with Crippen molar-refractivity contribution in [3.8, 4) is 0 Å². The van der Waals surface area contributed by atoms with Crippen LogP contribution >= 0.6 is 7.60 Å². The molecule has 0 aromatic rings. The van der Waals surface area contributed by atoms with Gasteiger partial charge < -0.3 is 9.05 Å². The molecule has 0 aromatic heterocycles. The van der Waals surface area contributed by atoms with Gasteiger partial charge in [-0.1, -0.05) is 0 Å². The SMILES string of the molecule is [2H]C([2H])([2H])OP(C)(=O)OC([2H])([2H])[2H]. The summed E-state index contributed by atoms with van der Waals surface area (Å²) in [6.45, 7) is 0.783. The van der Waals surface area contributed by atoms with Gasteiger partial charge in [-0.15, -0.1) is 0 Å². The van der Waals surface area contributed by atoms with Crippen LogP contribution in [0.3, 0.4) is 0 Å². The topological polar surface area (TPSA) is 35.5 Å². The van der Waals surface area contributed by atoms with Gasteiger partial charge in [-0.25, -0.2) is 0 Å². The fourth-order valence-electron chi connectivity index (χ4n) is 0.0186. The summed E-state index contributed by atoms with van der Waals surface area (Å²) in [4.78, 5) is 0. The highest BCUT2D eigenvalue weighted by molar-refractivity contribution is 7.52. The highest BCUT2D eigenvalue weighted by Crippen LogP contribution is 2.40. The van der Waals surface area contributed by atoms with Crippen molar-refractivity contribution in [1.29, 1.82) is 0 Å². The molecule has 3 nitrogen and oxygen atoms in total. The Balaban J connectivity index is 4.35. The molecule has 0 fully saturated rings. The molecule has 0 aliphatic rings. The Morgan fingerprint density at radius 2 is 2.00 bits per heavy atom. The minimum absolute atomic E-state index is 0.783. The van der Waals surface area contributed by atoms with E-state index in [1.165, 1.54) is 0 Å². The van der Waals surface area contributed by atoms with Crippen LogP contribution < -0.4 is 0 Å². The third-order valence-corrected chi connectivity index (χ3v) is 0.995. The minimum atomic E-state index is -4.06. The molecule has 0 N–H and O–H groups in total. The molecule has 0 bridgehead atoms. The molecule has 0 aromatic carbocycles. The van der Waals surface area contributed by atoms with E-state index in [2.05, 4.69) is 9.05 Å². The van der Waals surface area contributed by atoms with Crippen molar-refractivity contribution in [2.24, 2.45) is 0 Å². The average molecular weight is 130 g/mol. The summed E-state index contributed by atoms with van der Waals surface area (Å²) in [6.07, 6.45) is 0. The molecule has 0 spiro atoms. The fourth-order valence-corrected chi connectivity index (χ4v) is 0.0559. The van der Waals surface area contributed by atoms with Gasteiger partial charge in [0.2, 0.25) is 0 Å². The maximum atomic E-state index is 11.1. The molecule has 4 heteroatoms. The van der Waals surface area contributed by atoms with Gasteiger partial charge in [0.15, 0.2) is 0 Å². The first-order valence-electron chi connectivity index (χ1n) is 4.40. The maximum absolute atomic E-state index is 11.1. The fraction of sp³-hybridized carbons (Fsp3) is 1.00. The molecule has 7 heavy (non-hydrogen) atoms. The summed E-state index contributed by atoms with van der Waals surface area (Å²) in [5.41, 5.74) is 0. The molecule has 0 amide bonds. The zero-order valence-corrected chi connectivity index (χ0v) is 4.57. The number of hydrogen-bond acceptors (Lipinski definition) is 3. The lowest BCUT2D eigenvalue weighted by Crippen LogP contribution is -1.82. The second-order valence-electron chi connectivity index (χ2n) is 0.954. The molecule has 0 unspecified atom stereocenters. The lowest BCUT2D eigenvalue weighted by Gasteiger charge is -2.04. The molecule has 0 saturated heterocycles. The lowest BCUT2D eigenvalue weighted by atomic mass is 11.8. The van der Waals surface area contributed by atoms with E-state index >= 15 is 0 Å². The van der Waals surface area contributed by atoms with Crippen LogP contribution in [-0.2, 0) is 13.6 Å². The summed E-state index contributed by atoms with van der Waals surface area (Å²) < 4.78 is 58.5. The van der Waals surface area contributed by atoms with Gasteiger partial charge in [0.05, 0.1) is 8.22 Å². The third-order valence-electron chi connectivity index (χ3n) is 0.332. The quantitative estimate of drug-likeness (QED) is 0.525. The molecule has 0 heterocycles. The van der Waals surface area contributed by atoms with E-state index in [0.717, 1.165) is 6.66 Å². The van der Waals surface area contributed by atoms with Crippen LogP contribution in [-0.4, -0.2) is 20.7 Å². The summed E-state index contributed by atoms with van der Waals surface area (Å²) >= 11 is 0. The Bertz CT molecular complexity index is 198. The average Bonchev–Trinajstić information content (AvgIpc) is 1.43. The van der Waals surface area contributed by atoms with E-state index in [4.69, 9.17) is 8.22 Å². The van der Waals surface area contributed by atoms with Crippen LogP contribution in [0.4, 0.5) is 0 Å². The van der Waals surface area contributed by atoms with Crippen LogP contribution in [0.5, 0.6) is 0 Å². The molecule has 44 valence electrons. The van der Waals surface area contributed by atoms with Crippen molar-refractivity contribution in [1.82, 2.24) is 0 Å². The van der Waals surface area contributed by atoms with Gasteiger partial charge in [-0.3, -0.25) is 4.57 Å². The predicted octanol–water partition coefficient (Wildman–Crippen LogP) is 1.10. The summed E-state index contributed by atoms with van der Waals surface area (Å²) in [7, 11) is -9.93. The van der Waals surface area contributed by atoms with Gasteiger partial charge in [0.1, 0.15) is 0 Å². The molecule has 0 aliphatic heterocycles. The van der Waals surface area contributed by atoms with Crippen LogP contribution in [0.1, 0.15) is 8.22 Å². The summed E-state index contributed by atoms with van der Waals surface area (Å²) in [5.74, 6) is 0. The van der Waals surface area contributed by atoms with Crippen molar-refractivity contribution in [2.45, 2.75) is 0 Å². The Kier molecular flexibility index (Phi) is 0.643. The summed E-state index contributed by atoms with van der Waals surface area (Å²) in [5, 5.41) is 0. The van der Waals surface area contributed by atoms with Crippen molar-refractivity contribution in [3.63, 3.8) is 0 Å². The highest BCUT2D eigenvalue weighted by Gasteiger charge is 2.08. The van der Waals surface area contributed by atoms with Gasteiger partial charge in [-0.2, -0.15) is 0 Å². The molecule has 0 rings (SSSR count). The standard InChI is InChI=1S/C3H9O3P/c1-5-7(3,4)6-2/h1-3H3/i1D3,2D3. The summed E-state index contributed by atoms with van der Waals surface area (Å²) in [6, 6.07) is 0. The second kappa shape index (κ2) is 2.46. The first-order chi connectivity index (χ1) is 5.41. The van der Waals surface area contributed by atoms with Crippen LogP contribution in [0.15, 0.2) is 0 Å². The normalized spacial score (nSPS) is 28.1. The van der Waals surface area contributed by atoms with E-state index in [1.807, 2.05) is 0 Å². The van der Waals surface area contributed by atoms with E-state index in [1.54, 1.807) is 0 Å². The smallest absolute Gasteiger partial charge is 0.312 e. The maximum Gasteiger partial charge on any atom is 0.327 e. The second-order valence-corrected chi connectivity index (χ2v) is 2.86. The monoisotopic (exact) mass is 130 g/mol. The molecule has 0 radical (unpaired) electrons. The van der Waals surface area contributed by atoms with E-state index in [9.17, 15) is 4.57 Å². The predicted molar refractivity (Wildman–Crippen MR) is 27.5 cm³/mol. The molecular weight excluding hydrogens is 115 g/mol. The first-order valence-corrected chi connectivity index (χ1v) is 3.39. The molecule has 0 atom stereocenters. The van der Waals surface area contributed by atoms with Gasteiger partial charge in [-0.05, 0) is 0 Å².